The van der Waals surface area contributed by atoms with Crippen molar-refractivity contribution in [3.8, 4) is 0 Å². The number of hydrogen-bond donors (Lipinski definition) is 1. The van der Waals surface area contributed by atoms with E-state index in [4.69, 9.17) is 0 Å². The van der Waals surface area contributed by atoms with Gasteiger partial charge in [0.1, 0.15) is 0 Å². The number of amides is 1. The van der Waals surface area contributed by atoms with Gasteiger partial charge < -0.3 is 5.32 Å². The smallest absolute Gasteiger partial charge is 0.280 e. The number of nitrogens with zero attached hydrogens (tertiary/aromatic N) is 1. The predicted octanol–water partition coefficient (Wildman–Crippen LogP) is 2.82. The van der Waals surface area contributed by atoms with Crippen LogP contribution in [0.2, 0.25) is 0 Å². The average Bonchev–Trinajstić information content (AvgIpc) is 2.58. The van der Waals surface area contributed by atoms with E-state index < -0.39 is 0 Å². The highest BCUT2D eigenvalue weighted by atomic mass is 32.1. The van der Waals surface area contributed by atoms with Crippen molar-refractivity contribution in [1.29, 1.82) is 0 Å². The van der Waals surface area contributed by atoms with Gasteiger partial charge in [-0.05, 0) is 32.9 Å². The molecule has 1 aromatic carbocycles. The van der Waals surface area contributed by atoms with Gasteiger partial charge in [-0.3, -0.25) is 4.79 Å². The number of fused-ring (bicyclic) bond motifs is 1. The monoisotopic (exact) mass is 234 g/mol. The highest BCUT2D eigenvalue weighted by Crippen LogP contribution is 2.21. The third-order valence-corrected chi connectivity index (χ3v) is 3.01. The number of carbonyl (C=O) groups excluding carboxylic acids is 1. The molecule has 1 aromatic heterocycles. The minimum absolute atomic E-state index is 0.103. The summed E-state index contributed by atoms with van der Waals surface area (Å²) in [5, 5.41) is 3.43. The molecule has 0 bridgehead atoms. The Labute approximate surface area is 98.5 Å². The summed E-state index contributed by atoms with van der Waals surface area (Å²) in [6, 6.07) is 7.76. The zero-order valence-electron chi connectivity index (χ0n) is 9.57. The Bertz CT molecular complexity index is 492. The molecule has 0 saturated carbocycles. The van der Waals surface area contributed by atoms with Crippen LogP contribution in [0, 0.1) is 0 Å². The Kier molecular flexibility index (Phi) is 2.68. The van der Waals surface area contributed by atoms with Crippen molar-refractivity contribution >= 4 is 27.5 Å². The second-order valence-corrected chi connectivity index (χ2v) is 5.72. The number of carbonyl (C=O) groups is 1. The number of nitrogens with one attached hydrogen (secondary N) is 1. The topological polar surface area (TPSA) is 42.0 Å². The molecule has 1 amide bonds. The maximum Gasteiger partial charge on any atom is 0.280 e. The van der Waals surface area contributed by atoms with Crippen molar-refractivity contribution in [2.45, 2.75) is 26.3 Å². The second kappa shape index (κ2) is 3.87. The van der Waals surface area contributed by atoms with Crippen LogP contribution in [-0.4, -0.2) is 16.4 Å². The van der Waals surface area contributed by atoms with Crippen LogP contribution in [0.4, 0.5) is 0 Å². The standard InChI is InChI=1S/C12H14N2OS/c1-12(2,3)14-10(15)11-13-8-6-4-5-7-9(8)16-11/h4-7H,1-3H3,(H,14,15). The highest BCUT2D eigenvalue weighted by molar-refractivity contribution is 7.20. The highest BCUT2D eigenvalue weighted by Gasteiger charge is 2.18. The van der Waals surface area contributed by atoms with E-state index in [-0.39, 0.29) is 11.4 Å². The molecule has 0 aliphatic heterocycles. The van der Waals surface area contributed by atoms with Crippen LogP contribution in [0.25, 0.3) is 10.2 Å². The molecule has 1 N–H and O–H groups in total. The van der Waals surface area contributed by atoms with Crippen molar-refractivity contribution in [2.75, 3.05) is 0 Å². The molecule has 0 radical (unpaired) electrons. The third-order valence-electron chi connectivity index (χ3n) is 1.98. The molecule has 4 heteroatoms. The van der Waals surface area contributed by atoms with E-state index in [2.05, 4.69) is 10.3 Å². The summed E-state index contributed by atoms with van der Waals surface area (Å²) >= 11 is 1.42. The normalized spacial score (nSPS) is 11.7. The Morgan fingerprint density at radius 1 is 1.31 bits per heavy atom. The maximum absolute atomic E-state index is 11.9. The molecule has 3 nitrogen and oxygen atoms in total. The Balaban J connectivity index is 2.30. The first-order valence-electron chi connectivity index (χ1n) is 5.14. The first-order chi connectivity index (χ1) is 7.46. The zero-order valence-corrected chi connectivity index (χ0v) is 10.4. The molecule has 0 unspecified atom stereocenters. The lowest BCUT2D eigenvalue weighted by atomic mass is 10.1. The summed E-state index contributed by atoms with van der Waals surface area (Å²) in [6.07, 6.45) is 0. The van der Waals surface area contributed by atoms with E-state index in [1.165, 1.54) is 11.3 Å². The van der Waals surface area contributed by atoms with Crippen LogP contribution in [0.1, 0.15) is 30.6 Å². The number of para-hydroxylation sites is 1. The van der Waals surface area contributed by atoms with Crippen molar-refractivity contribution in [1.82, 2.24) is 10.3 Å². The van der Waals surface area contributed by atoms with Gasteiger partial charge in [0.05, 0.1) is 10.2 Å². The van der Waals surface area contributed by atoms with Crippen LogP contribution in [0.15, 0.2) is 24.3 Å². The van der Waals surface area contributed by atoms with Gasteiger partial charge >= 0.3 is 0 Å². The van der Waals surface area contributed by atoms with Gasteiger partial charge in [-0.1, -0.05) is 12.1 Å². The Morgan fingerprint density at radius 2 is 2.00 bits per heavy atom. The van der Waals surface area contributed by atoms with E-state index in [1.807, 2.05) is 45.0 Å². The number of thiazole rings is 1. The Hall–Kier alpha value is -1.42. The number of aromatic nitrogens is 1. The molecule has 16 heavy (non-hydrogen) atoms. The molecule has 0 fully saturated rings. The molecular formula is C12H14N2OS. The van der Waals surface area contributed by atoms with E-state index >= 15 is 0 Å². The van der Waals surface area contributed by atoms with Crippen LogP contribution >= 0.6 is 11.3 Å². The molecule has 0 saturated heterocycles. The second-order valence-electron chi connectivity index (χ2n) is 4.69. The molecule has 0 aliphatic rings. The minimum atomic E-state index is -0.227. The van der Waals surface area contributed by atoms with E-state index in [0.29, 0.717) is 5.01 Å². The molecule has 0 spiro atoms. The Morgan fingerprint density at radius 3 is 2.62 bits per heavy atom. The zero-order chi connectivity index (χ0) is 11.8. The first-order valence-corrected chi connectivity index (χ1v) is 5.95. The largest absolute Gasteiger partial charge is 0.345 e. The summed E-state index contributed by atoms with van der Waals surface area (Å²) in [7, 11) is 0. The molecule has 0 aliphatic carbocycles. The van der Waals surface area contributed by atoms with Crippen molar-refractivity contribution in [3.63, 3.8) is 0 Å². The summed E-state index contributed by atoms with van der Waals surface area (Å²) in [6.45, 7) is 5.87. The van der Waals surface area contributed by atoms with Gasteiger partial charge in [0.15, 0.2) is 5.01 Å². The summed E-state index contributed by atoms with van der Waals surface area (Å²) in [5.74, 6) is -0.103. The van der Waals surface area contributed by atoms with E-state index in [9.17, 15) is 4.79 Å². The van der Waals surface area contributed by atoms with Gasteiger partial charge in [0, 0.05) is 5.54 Å². The van der Waals surface area contributed by atoms with Crippen molar-refractivity contribution in [3.05, 3.63) is 29.3 Å². The van der Waals surface area contributed by atoms with Gasteiger partial charge in [-0.15, -0.1) is 11.3 Å². The number of hydrogen-bond acceptors (Lipinski definition) is 3. The molecule has 2 rings (SSSR count). The summed E-state index contributed by atoms with van der Waals surface area (Å²) in [4.78, 5) is 16.2. The summed E-state index contributed by atoms with van der Waals surface area (Å²) < 4.78 is 1.04. The fraction of sp³-hybridized carbons (Fsp3) is 0.333. The lowest BCUT2D eigenvalue weighted by molar-refractivity contribution is 0.0919. The number of rotatable bonds is 1. The molecular weight excluding hydrogens is 220 g/mol. The molecule has 2 aromatic rings. The van der Waals surface area contributed by atoms with Crippen LogP contribution in [-0.2, 0) is 0 Å². The van der Waals surface area contributed by atoms with Crippen LogP contribution < -0.4 is 5.32 Å². The fourth-order valence-corrected chi connectivity index (χ4v) is 2.22. The van der Waals surface area contributed by atoms with Gasteiger partial charge in [0.2, 0.25) is 0 Å². The molecule has 1 heterocycles. The third kappa shape index (κ3) is 2.39. The van der Waals surface area contributed by atoms with Gasteiger partial charge in [-0.25, -0.2) is 4.98 Å². The van der Waals surface area contributed by atoms with Crippen molar-refractivity contribution < 1.29 is 4.79 Å². The van der Waals surface area contributed by atoms with E-state index in [0.717, 1.165) is 10.2 Å². The quantitative estimate of drug-likeness (QED) is 0.824. The molecule has 84 valence electrons. The first kappa shape index (κ1) is 11.1. The van der Waals surface area contributed by atoms with Gasteiger partial charge in [0.25, 0.3) is 5.91 Å². The predicted molar refractivity (Wildman–Crippen MR) is 66.8 cm³/mol. The van der Waals surface area contributed by atoms with Crippen LogP contribution in [0.3, 0.4) is 0 Å². The van der Waals surface area contributed by atoms with Gasteiger partial charge in [-0.2, -0.15) is 0 Å². The van der Waals surface area contributed by atoms with Crippen LogP contribution in [0.5, 0.6) is 0 Å². The average molecular weight is 234 g/mol. The lowest BCUT2D eigenvalue weighted by Crippen LogP contribution is -2.40. The SMILES string of the molecule is CC(C)(C)NC(=O)c1nc2ccccc2s1. The maximum atomic E-state index is 11.9. The lowest BCUT2D eigenvalue weighted by Gasteiger charge is -2.19. The fourth-order valence-electron chi connectivity index (χ4n) is 1.36. The summed E-state index contributed by atoms with van der Waals surface area (Å²) in [5.41, 5.74) is 0.654. The van der Waals surface area contributed by atoms with Crippen molar-refractivity contribution in [2.24, 2.45) is 0 Å². The molecule has 0 atom stereocenters. The minimum Gasteiger partial charge on any atom is -0.345 e. The van der Waals surface area contributed by atoms with E-state index in [1.54, 1.807) is 0 Å². The number of benzene rings is 1.